The fourth-order valence-corrected chi connectivity index (χ4v) is 2.15. The molecular formula is C12H12BrFN2O2. The summed E-state index contributed by atoms with van der Waals surface area (Å²) in [6.07, 6.45) is 2.38. The molecular weight excluding hydrogens is 303 g/mol. The van der Waals surface area contributed by atoms with Crippen molar-refractivity contribution in [2.24, 2.45) is 0 Å². The number of aromatic nitrogens is 2. The van der Waals surface area contributed by atoms with Crippen molar-refractivity contribution in [1.29, 1.82) is 0 Å². The van der Waals surface area contributed by atoms with Gasteiger partial charge in [-0.3, -0.25) is 0 Å². The summed E-state index contributed by atoms with van der Waals surface area (Å²) in [7, 11) is 0. The maximum Gasteiger partial charge on any atom is 0.140 e. The van der Waals surface area contributed by atoms with Crippen molar-refractivity contribution < 1.29 is 14.6 Å². The van der Waals surface area contributed by atoms with E-state index in [4.69, 9.17) is 5.11 Å². The van der Waals surface area contributed by atoms with Gasteiger partial charge < -0.3 is 14.8 Å². The summed E-state index contributed by atoms with van der Waals surface area (Å²) in [5.41, 5.74) is 0.608. The van der Waals surface area contributed by atoms with E-state index < -0.39 is 6.10 Å². The molecule has 2 N–H and O–H groups in total. The Kier molecular flexibility index (Phi) is 4.11. The third-order valence-electron chi connectivity index (χ3n) is 2.45. The van der Waals surface area contributed by atoms with Crippen LogP contribution >= 0.6 is 15.9 Å². The standard InChI is InChI=1S/C12H12BrFN2O2/c13-9-3-8(4-10(14)5-9)12-15-1-2-16(12)6-11(18)7-17/h1-5,11,17-18H,6-7H2. The van der Waals surface area contributed by atoms with Gasteiger partial charge in [-0.2, -0.15) is 0 Å². The molecule has 0 fully saturated rings. The lowest BCUT2D eigenvalue weighted by atomic mass is 10.2. The highest BCUT2D eigenvalue weighted by Gasteiger charge is 2.11. The number of nitrogens with zero attached hydrogens (tertiary/aromatic N) is 2. The summed E-state index contributed by atoms with van der Waals surface area (Å²) in [5, 5.41) is 18.3. The van der Waals surface area contributed by atoms with Gasteiger partial charge in [0.2, 0.25) is 0 Å². The Balaban J connectivity index is 2.36. The van der Waals surface area contributed by atoms with E-state index in [0.29, 0.717) is 15.9 Å². The van der Waals surface area contributed by atoms with Crippen LogP contribution in [0.25, 0.3) is 11.4 Å². The number of hydrogen-bond acceptors (Lipinski definition) is 3. The van der Waals surface area contributed by atoms with Crippen LogP contribution in [0.15, 0.2) is 35.1 Å². The molecule has 0 saturated carbocycles. The highest BCUT2D eigenvalue weighted by atomic mass is 79.9. The van der Waals surface area contributed by atoms with Gasteiger partial charge in [0.15, 0.2) is 0 Å². The van der Waals surface area contributed by atoms with E-state index in [0.717, 1.165) is 0 Å². The Morgan fingerprint density at radius 2 is 2.17 bits per heavy atom. The lowest BCUT2D eigenvalue weighted by Gasteiger charge is -2.11. The van der Waals surface area contributed by atoms with Gasteiger partial charge in [-0.05, 0) is 18.2 Å². The fraction of sp³-hybridized carbons (Fsp3) is 0.250. The molecule has 6 heteroatoms. The third kappa shape index (κ3) is 2.95. The predicted octanol–water partition coefficient (Wildman–Crippen LogP) is 1.80. The predicted molar refractivity (Wildman–Crippen MR) is 68.4 cm³/mol. The highest BCUT2D eigenvalue weighted by Crippen LogP contribution is 2.23. The molecule has 1 heterocycles. The zero-order chi connectivity index (χ0) is 13.1. The molecule has 1 aromatic heterocycles. The Morgan fingerprint density at radius 1 is 1.39 bits per heavy atom. The Labute approximate surface area is 112 Å². The smallest absolute Gasteiger partial charge is 0.140 e. The number of halogens is 2. The second-order valence-electron chi connectivity index (χ2n) is 3.90. The summed E-state index contributed by atoms with van der Waals surface area (Å²) in [5.74, 6) is 0.180. The van der Waals surface area contributed by atoms with Crippen molar-refractivity contribution in [3.8, 4) is 11.4 Å². The van der Waals surface area contributed by atoms with E-state index in [1.54, 1.807) is 23.0 Å². The molecule has 2 aromatic rings. The second-order valence-corrected chi connectivity index (χ2v) is 4.81. The molecule has 0 spiro atoms. The molecule has 1 aromatic carbocycles. The van der Waals surface area contributed by atoms with E-state index in [-0.39, 0.29) is 19.0 Å². The van der Waals surface area contributed by atoms with Gasteiger partial charge in [0.05, 0.1) is 19.3 Å². The monoisotopic (exact) mass is 314 g/mol. The van der Waals surface area contributed by atoms with Crippen LogP contribution < -0.4 is 0 Å². The van der Waals surface area contributed by atoms with Crippen LogP contribution in [-0.2, 0) is 6.54 Å². The minimum Gasteiger partial charge on any atom is -0.394 e. The molecule has 18 heavy (non-hydrogen) atoms. The molecule has 0 bridgehead atoms. The molecule has 4 nitrogen and oxygen atoms in total. The number of aliphatic hydroxyl groups excluding tert-OH is 2. The van der Waals surface area contributed by atoms with Crippen molar-refractivity contribution in [3.63, 3.8) is 0 Å². The van der Waals surface area contributed by atoms with Crippen molar-refractivity contribution >= 4 is 15.9 Å². The first-order valence-corrected chi connectivity index (χ1v) is 6.16. The van der Waals surface area contributed by atoms with E-state index in [9.17, 15) is 9.50 Å². The SMILES string of the molecule is OCC(O)Cn1ccnc1-c1cc(F)cc(Br)c1. The van der Waals surface area contributed by atoms with Gasteiger partial charge in [0.25, 0.3) is 0 Å². The first kappa shape index (κ1) is 13.2. The molecule has 0 amide bonds. The van der Waals surface area contributed by atoms with Crippen LogP contribution in [0.1, 0.15) is 0 Å². The van der Waals surface area contributed by atoms with Crippen LogP contribution in [-0.4, -0.2) is 32.5 Å². The molecule has 0 aliphatic rings. The molecule has 96 valence electrons. The minimum absolute atomic E-state index is 0.208. The number of hydrogen-bond donors (Lipinski definition) is 2. The maximum atomic E-state index is 13.3. The van der Waals surface area contributed by atoms with Gasteiger partial charge in [-0.25, -0.2) is 9.37 Å². The summed E-state index contributed by atoms with van der Waals surface area (Å²) in [6.45, 7) is -0.121. The summed E-state index contributed by atoms with van der Waals surface area (Å²) >= 11 is 3.22. The summed E-state index contributed by atoms with van der Waals surface area (Å²) in [6, 6.07) is 4.47. The molecule has 1 unspecified atom stereocenters. The molecule has 1 atom stereocenters. The molecule has 2 rings (SSSR count). The van der Waals surface area contributed by atoms with Crippen LogP contribution in [0.2, 0.25) is 0 Å². The number of benzene rings is 1. The second kappa shape index (κ2) is 5.60. The van der Waals surface area contributed by atoms with Crippen molar-refractivity contribution in [2.75, 3.05) is 6.61 Å². The summed E-state index contributed by atoms with van der Waals surface area (Å²) in [4.78, 5) is 4.14. The van der Waals surface area contributed by atoms with Gasteiger partial charge in [0.1, 0.15) is 11.6 Å². The molecule has 0 aliphatic heterocycles. The van der Waals surface area contributed by atoms with E-state index in [1.165, 1.54) is 12.1 Å². The van der Waals surface area contributed by atoms with E-state index in [2.05, 4.69) is 20.9 Å². The van der Waals surface area contributed by atoms with Crippen molar-refractivity contribution in [2.45, 2.75) is 12.6 Å². The molecule has 0 radical (unpaired) electrons. The van der Waals surface area contributed by atoms with Crippen LogP contribution in [0.5, 0.6) is 0 Å². The third-order valence-corrected chi connectivity index (χ3v) is 2.91. The van der Waals surface area contributed by atoms with Gasteiger partial charge in [0, 0.05) is 22.4 Å². The maximum absolute atomic E-state index is 13.3. The number of aliphatic hydroxyl groups is 2. The average Bonchev–Trinajstić information content (AvgIpc) is 2.75. The highest BCUT2D eigenvalue weighted by molar-refractivity contribution is 9.10. The number of rotatable bonds is 4. The quantitative estimate of drug-likeness (QED) is 0.905. The van der Waals surface area contributed by atoms with Crippen LogP contribution in [0.4, 0.5) is 4.39 Å². The average molecular weight is 315 g/mol. The van der Waals surface area contributed by atoms with Crippen LogP contribution in [0.3, 0.4) is 0 Å². The number of imidazole rings is 1. The lowest BCUT2D eigenvalue weighted by Crippen LogP contribution is -2.19. The van der Waals surface area contributed by atoms with Crippen LogP contribution in [0, 0.1) is 5.82 Å². The normalized spacial score (nSPS) is 12.7. The van der Waals surface area contributed by atoms with Gasteiger partial charge in [-0.1, -0.05) is 15.9 Å². The molecule has 0 aliphatic carbocycles. The molecule has 0 saturated heterocycles. The minimum atomic E-state index is -0.866. The zero-order valence-corrected chi connectivity index (χ0v) is 11.0. The zero-order valence-electron chi connectivity index (χ0n) is 9.42. The summed E-state index contributed by atoms with van der Waals surface area (Å²) < 4.78 is 15.6. The Morgan fingerprint density at radius 3 is 2.83 bits per heavy atom. The van der Waals surface area contributed by atoms with Gasteiger partial charge in [-0.15, -0.1) is 0 Å². The van der Waals surface area contributed by atoms with E-state index in [1.807, 2.05) is 0 Å². The van der Waals surface area contributed by atoms with Crippen molar-refractivity contribution in [3.05, 3.63) is 40.9 Å². The van der Waals surface area contributed by atoms with Crippen molar-refractivity contribution in [1.82, 2.24) is 9.55 Å². The van der Waals surface area contributed by atoms with E-state index >= 15 is 0 Å². The Bertz CT molecular complexity index is 524. The first-order chi connectivity index (χ1) is 8.60. The lowest BCUT2D eigenvalue weighted by molar-refractivity contribution is 0.0816. The first-order valence-electron chi connectivity index (χ1n) is 5.36. The fourth-order valence-electron chi connectivity index (χ4n) is 1.68. The largest absolute Gasteiger partial charge is 0.394 e. The van der Waals surface area contributed by atoms with Gasteiger partial charge >= 0.3 is 0 Å². The topological polar surface area (TPSA) is 58.3 Å². The Hall–Kier alpha value is -1.24.